The number of hydrogen-bond acceptors (Lipinski definition) is 4. The van der Waals surface area contributed by atoms with Gasteiger partial charge in [-0.05, 0) is 56.6 Å². The summed E-state index contributed by atoms with van der Waals surface area (Å²) >= 11 is 0. The van der Waals surface area contributed by atoms with Gasteiger partial charge in [0.1, 0.15) is 12.4 Å². The Labute approximate surface area is 183 Å². The van der Waals surface area contributed by atoms with Crippen LogP contribution in [0.2, 0.25) is 0 Å². The smallest absolute Gasteiger partial charge is 0.185 e. The summed E-state index contributed by atoms with van der Waals surface area (Å²) in [6.45, 7) is 4.24. The van der Waals surface area contributed by atoms with E-state index in [0.29, 0.717) is 6.04 Å². The molecule has 0 saturated carbocycles. The van der Waals surface area contributed by atoms with Crippen LogP contribution in [0.1, 0.15) is 50.5 Å². The lowest BCUT2D eigenvalue weighted by molar-refractivity contribution is 0.236. The van der Waals surface area contributed by atoms with E-state index < -0.39 is 0 Å². The van der Waals surface area contributed by atoms with Gasteiger partial charge >= 0.3 is 0 Å². The molecule has 2 aliphatic heterocycles. The molecule has 3 heterocycles. The monoisotopic (exact) mass is 405 g/mol. The van der Waals surface area contributed by atoms with E-state index in [-0.39, 0.29) is 0 Å². The maximum atomic E-state index is 6.08. The van der Waals surface area contributed by atoms with Crippen molar-refractivity contribution in [2.24, 2.45) is 5.92 Å². The lowest BCUT2D eigenvalue weighted by atomic mass is 9.90. The average molecular weight is 405 g/mol. The topological polar surface area (TPSA) is 28.6 Å². The van der Waals surface area contributed by atoms with Gasteiger partial charge in [-0.25, -0.2) is 0 Å². The van der Waals surface area contributed by atoms with E-state index >= 15 is 0 Å². The highest BCUT2D eigenvalue weighted by atomic mass is 16.5. The first kappa shape index (κ1) is 21.2. The third kappa shape index (κ3) is 6.01. The number of aromatic nitrogens is 1. The van der Waals surface area contributed by atoms with Crippen molar-refractivity contribution in [1.82, 2.24) is 9.79 Å². The summed E-state index contributed by atoms with van der Waals surface area (Å²) in [4.78, 5) is 9.35. The largest absolute Gasteiger partial charge is 0.490 e. The third-order valence-electron chi connectivity index (χ3n) is 6.96. The summed E-state index contributed by atoms with van der Waals surface area (Å²) in [5, 5.41) is 0. The number of pyridine rings is 1. The van der Waals surface area contributed by atoms with E-state index in [0.717, 1.165) is 31.4 Å². The number of aryl methyl sites for hydroxylation is 1. The normalized spacial score (nSPS) is 20.5. The molecule has 160 valence electrons. The summed E-state index contributed by atoms with van der Waals surface area (Å²) in [6, 6.07) is 13.6. The van der Waals surface area contributed by atoms with Crippen LogP contribution in [0.5, 0.6) is 5.75 Å². The number of anilines is 1. The zero-order valence-corrected chi connectivity index (χ0v) is 18.5. The van der Waals surface area contributed by atoms with Gasteiger partial charge in [0.25, 0.3) is 0 Å². The molecule has 30 heavy (non-hydrogen) atoms. The van der Waals surface area contributed by atoms with Gasteiger partial charge in [0.15, 0.2) is 7.98 Å². The first-order chi connectivity index (χ1) is 14.8. The van der Waals surface area contributed by atoms with Crippen molar-refractivity contribution in [3.05, 3.63) is 54.4 Å². The zero-order chi connectivity index (χ0) is 20.6. The molecule has 1 aromatic carbocycles. The molecule has 2 fully saturated rings. The van der Waals surface area contributed by atoms with Crippen LogP contribution in [0.4, 0.5) is 5.69 Å². The van der Waals surface area contributed by atoms with Gasteiger partial charge in [-0.15, -0.1) is 0 Å². The van der Waals surface area contributed by atoms with E-state index in [1.165, 1.54) is 69.2 Å². The van der Waals surface area contributed by atoms with Crippen LogP contribution in [0.15, 0.2) is 48.8 Å². The van der Waals surface area contributed by atoms with Crippen molar-refractivity contribution in [3.63, 3.8) is 0 Å². The Morgan fingerprint density at radius 1 is 1.00 bits per heavy atom. The van der Waals surface area contributed by atoms with E-state index in [9.17, 15) is 0 Å². The lowest BCUT2D eigenvalue weighted by Crippen LogP contribution is -2.34. The van der Waals surface area contributed by atoms with Crippen molar-refractivity contribution >= 4 is 13.7 Å². The second-order valence-electron chi connectivity index (χ2n) is 9.13. The third-order valence-corrected chi connectivity index (χ3v) is 6.96. The first-order valence-electron chi connectivity index (χ1n) is 11.8. The van der Waals surface area contributed by atoms with Crippen LogP contribution >= 0.6 is 0 Å². The van der Waals surface area contributed by atoms with Gasteiger partial charge in [-0.1, -0.05) is 43.2 Å². The van der Waals surface area contributed by atoms with Crippen molar-refractivity contribution in [3.8, 4) is 5.75 Å². The molecule has 5 heteroatoms. The van der Waals surface area contributed by atoms with Gasteiger partial charge in [0, 0.05) is 25.2 Å². The standard InChI is InChI=1S/C25H36BN3O/c26-29-14-6-11-23(29)20-30-25-17-24(18-27-19-25)28-15-12-22(13-16-28)10-5-4-9-21-7-2-1-3-8-21/h1-3,7-8,17-19,22-23H,4-6,9-16,20,26H2/t23-/m0/s1. The van der Waals surface area contributed by atoms with Crippen LogP contribution in [0, 0.1) is 5.92 Å². The first-order valence-corrected chi connectivity index (χ1v) is 11.8. The van der Waals surface area contributed by atoms with E-state index in [1.54, 1.807) is 0 Å². The van der Waals surface area contributed by atoms with Crippen molar-refractivity contribution < 1.29 is 4.74 Å². The average Bonchev–Trinajstić information content (AvgIpc) is 3.21. The van der Waals surface area contributed by atoms with E-state index in [2.05, 4.69) is 59.1 Å². The van der Waals surface area contributed by atoms with Crippen molar-refractivity contribution in [2.45, 2.75) is 57.4 Å². The van der Waals surface area contributed by atoms with Gasteiger partial charge in [-0.2, -0.15) is 0 Å². The minimum absolute atomic E-state index is 0.547. The quantitative estimate of drug-likeness (QED) is 0.464. The summed E-state index contributed by atoms with van der Waals surface area (Å²) in [7, 11) is 2.20. The highest BCUT2D eigenvalue weighted by molar-refractivity contribution is 6.04. The van der Waals surface area contributed by atoms with Crippen LogP contribution in [-0.2, 0) is 6.42 Å². The molecule has 0 spiro atoms. The van der Waals surface area contributed by atoms with Crippen molar-refractivity contribution in [2.75, 3.05) is 31.1 Å². The molecular formula is C25H36BN3O. The van der Waals surface area contributed by atoms with E-state index in [1.807, 2.05) is 12.4 Å². The predicted octanol–water partition coefficient (Wildman–Crippen LogP) is 4.10. The van der Waals surface area contributed by atoms with Crippen LogP contribution in [-0.4, -0.2) is 50.1 Å². The molecule has 1 aromatic heterocycles. The Morgan fingerprint density at radius 3 is 2.60 bits per heavy atom. The molecule has 4 rings (SSSR count). The summed E-state index contributed by atoms with van der Waals surface area (Å²) < 4.78 is 6.08. The molecule has 4 nitrogen and oxygen atoms in total. The second-order valence-corrected chi connectivity index (χ2v) is 9.13. The Hall–Kier alpha value is -2.01. The molecule has 2 aromatic rings. The van der Waals surface area contributed by atoms with Gasteiger partial charge in [0.2, 0.25) is 0 Å². The molecule has 0 aliphatic carbocycles. The molecule has 0 bridgehead atoms. The Morgan fingerprint density at radius 2 is 1.83 bits per heavy atom. The number of rotatable bonds is 9. The fraction of sp³-hybridized carbons (Fsp3) is 0.560. The number of unbranched alkanes of at least 4 members (excludes halogenated alkanes) is 1. The van der Waals surface area contributed by atoms with Crippen LogP contribution in [0.25, 0.3) is 0 Å². The molecule has 0 radical (unpaired) electrons. The van der Waals surface area contributed by atoms with Gasteiger partial charge < -0.3 is 14.4 Å². The number of benzene rings is 1. The molecule has 2 saturated heterocycles. The number of ether oxygens (including phenoxy) is 1. The molecule has 2 aliphatic rings. The Kier molecular flexibility index (Phi) is 7.68. The highest BCUT2D eigenvalue weighted by Crippen LogP contribution is 2.28. The molecule has 1 atom stereocenters. The van der Waals surface area contributed by atoms with Gasteiger partial charge in [-0.3, -0.25) is 4.98 Å². The van der Waals surface area contributed by atoms with Crippen LogP contribution in [0.3, 0.4) is 0 Å². The Bertz CT molecular complexity index is 764. The zero-order valence-electron chi connectivity index (χ0n) is 18.5. The number of hydrogen-bond donors (Lipinski definition) is 0. The summed E-state index contributed by atoms with van der Waals surface area (Å²) in [6.07, 6.45) is 14.2. The van der Waals surface area contributed by atoms with Gasteiger partial charge in [0.05, 0.1) is 18.1 Å². The lowest BCUT2D eigenvalue weighted by Gasteiger charge is -2.33. The molecule has 0 amide bonds. The predicted molar refractivity (Wildman–Crippen MR) is 127 cm³/mol. The fourth-order valence-corrected chi connectivity index (χ4v) is 4.93. The number of piperidine rings is 1. The molecule has 0 N–H and O–H groups in total. The maximum Gasteiger partial charge on any atom is 0.185 e. The van der Waals surface area contributed by atoms with Crippen LogP contribution < -0.4 is 9.64 Å². The Balaban J connectivity index is 1.17. The molecular weight excluding hydrogens is 369 g/mol. The minimum atomic E-state index is 0.547. The minimum Gasteiger partial charge on any atom is -0.490 e. The fourth-order valence-electron chi connectivity index (χ4n) is 4.93. The summed E-state index contributed by atoms with van der Waals surface area (Å²) in [5.74, 6) is 1.79. The molecule has 0 unspecified atom stereocenters. The summed E-state index contributed by atoms with van der Waals surface area (Å²) in [5.41, 5.74) is 2.69. The second kappa shape index (κ2) is 10.9. The highest BCUT2D eigenvalue weighted by Gasteiger charge is 2.22. The SMILES string of the molecule is BN1CCC[C@H]1COc1cncc(N2CCC(CCCCc3ccccc3)CC2)c1. The van der Waals surface area contributed by atoms with E-state index in [4.69, 9.17) is 4.74 Å². The van der Waals surface area contributed by atoms with Crippen molar-refractivity contribution in [1.29, 1.82) is 0 Å². The maximum absolute atomic E-state index is 6.08. The number of nitrogens with zero attached hydrogens (tertiary/aromatic N) is 3.